The first kappa shape index (κ1) is 16.3. The first-order valence-corrected chi connectivity index (χ1v) is 7.95. The number of aromatic nitrogens is 2. The summed E-state index contributed by atoms with van der Waals surface area (Å²) in [6.45, 7) is -1.27. The fourth-order valence-electron chi connectivity index (χ4n) is 1.60. The molecule has 0 bridgehead atoms. The van der Waals surface area contributed by atoms with Gasteiger partial charge in [-0.2, -0.15) is 13.2 Å². The van der Waals surface area contributed by atoms with Crippen LogP contribution in [0.3, 0.4) is 0 Å². The van der Waals surface area contributed by atoms with E-state index in [2.05, 4.69) is 10.2 Å². The van der Waals surface area contributed by atoms with E-state index in [1.165, 1.54) is 12.1 Å². The molecular weight excluding hydrogens is 323 g/mol. The van der Waals surface area contributed by atoms with Gasteiger partial charge >= 0.3 is 12.2 Å². The summed E-state index contributed by atoms with van der Waals surface area (Å²) in [7, 11) is -3.28. The number of benzene rings is 1. The largest absolute Gasteiger partial charge is 0.408 e. The highest BCUT2D eigenvalue weighted by Gasteiger charge is 2.27. The van der Waals surface area contributed by atoms with Crippen molar-refractivity contribution in [2.75, 3.05) is 18.1 Å². The zero-order chi connectivity index (χ0) is 16.4. The summed E-state index contributed by atoms with van der Waals surface area (Å²) in [6.07, 6.45) is -3.10. The molecule has 6 nitrogen and oxygen atoms in total. The number of hydrogen-bond acceptors (Lipinski definition) is 6. The Labute approximate surface area is 124 Å². The van der Waals surface area contributed by atoms with Crippen LogP contribution in [0, 0.1) is 0 Å². The van der Waals surface area contributed by atoms with Crippen LogP contribution in [0.5, 0.6) is 0 Å². The van der Waals surface area contributed by atoms with Gasteiger partial charge in [0.25, 0.3) is 0 Å². The Balaban J connectivity index is 2.01. The molecule has 2 rings (SSSR count). The van der Waals surface area contributed by atoms with E-state index < -0.39 is 22.6 Å². The van der Waals surface area contributed by atoms with Gasteiger partial charge < -0.3 is 9.73 Å². The summed E-state index contributed by atoms with van der Waals surface area (Å²) in [5.74, 6) is 0.122. The molecule has 0 radical (unpaired) electrons. The van der Waals surface area contributed by atoms with Crippen LogP contribution >= 0.6 is 0 Å². The van der Waals surface area contributed by atoms with Gasteiger partial charge in [0, 0.05) is 6.26 Å². The van der Waals surface area contributed by atoms with Crippen molar-refractivity contribution in [2.24, 2.45) is 0 Å². The van der Waals surface area contributed by atoms with Gasteiger partial charge in [0.15, 0.2) is 9.84 Å². The van der Waals surface area contributed by atoms with E-state index in [1.54, 1.807) is 12.1 Å². The molecular formula is C12H12F3N3O3S. The van der Waals surface area contributed by atoms with Crippen LogP contribution in [0.2, 0.25) is 0 Å². The predicted molar refractivity (Wildman–Crippen MR) is 71.2 cm³/mol. The Bertz CT molecular complexity index is 739. The van der Waals surface area contributed by atoms with Crippen LogP contribution in [0.15, 0.2) is 33.6 Å². The van der Waals surface area contributed by atoms with Crippen molar-refractivity contribution in [3.05, 3.63) is 35.7 Å². The fraction of sp³-hybridized carbons (Fsp3) is 0.333. The number of anilines is 1. The first-order valence-electron chi connectivity index (χ1n) is 6.05. The van der Waals surface area contributed by atoms with Gasteiger partial charge in [-0.3, -0.25) is 0 Å². The van der Waals surface area contributed by atoms with Crippen molar-refractivity contribution in [1.29, 1.82) is 0 Å². The molecule has 0 fully saturated rings. The monoisotopic (exact) mass is 335 g/mol. The molecule has 0 saturated heterocycles. The molecule has 1 heterocycles. The SMILES string of the molecule is CS(=O)(=O)c1ccc(Cc2nnc(NCC(F)(F)F)o2)cc1. The van der Waals surface area contributed by atoms with Crippen LogP contribution in [-0.4, -0.2) is 37.6 Å². The van der Waals surface area contributed by atoms with Gasteiger partial charge in [0.1, 0.15) is 6.54 Å². The second kappa shape index (κ2) is 5.95. The lowest BCUT2D eigenvalue weighted by atomic mass is 10.1. The predicted octanol–water partition coefficient (Wildman–Crippen LogP) is 2.04. The normalized spacial score (nSPS) is 12.4. The van der Waals surface area contributed by atoms with E-state index in [0.29, 0.717) is 5.56 Å². The van der Waals surface area contributed by atoms with Gasteiger partial charge in [-0.15, -0.1) is 5.10 Å². The minimum atomic E-state index is -4.38. The topological polar surface area (TPSA) is 85.1 Å². The molecule has 0 spiro atoms. The molecule has 120 valence electrons. The molecule has 0 aliphatic heterocycles. The Morgan fingerprint density at radius 1 is 1.18 bits per heavy atom. The second-order valence-corrected chi connectivity index (χ2v) is 6.58. The maximum atomic E-state index is 12.0. The second-order valence-electron chi connectivity index (χ2n) is 4.56. The van der Waals surface area contributed by atoms with Gasteiger partial charge in [0.05, 0.1) is 11.3 Å². The lowest BCUT2D eigenvalue weighted by molar-refractivity contribution is -0.115. The lowest BCUT2D eigenvalue weighted by Gasteiger charge is -2.04. The average molecular weight is 335 g/mol. The van der Waals surface area contributed by atoms with E-state index in [9.17, 15) is 21.6 Å². The van der Waals surface area contributed by atoms with Gasteiger partial charge in [-0.1, -0.05) is 17.2 Å². The molecule has 1 N–H and O–H groups in total. The van der Waals surface area contributed by atoms with E-state index in [0.717, 1.165) is 6.26 Å². The average Bonchev–Trinajstić information content (AvgIpc) is 2.83. The molecule has 1 aromatic carbocycles. The third kappa shape index (κ3) is 4.72. The first-order chi connectivity index (χ1) is 10.1. The van der Waals surface area contributed by atoms with Crippen molar-refractivity contribution < 1.29 is 26.0 Å². The summed E-state index contributed by atoms with van der Waals surface area (Å²) in [5.41, 5.74) is 0.693. The number of hydrogen-bond donors (Lipinski definition) is 1. The molecule has 22 heavy (non-hydrogen) atoms. The summed E-state index contributed by atoms with van der Waals surface area (Å²) >= 11 is 0. The Kier molecular flexibility index (Phi) is 4.40. The third-order valence-electron chi connectivity index (χ3n) is 2.61. The Morgan fingerprint density at radius 3 is 2.36 bits per heavy atom. The fourth-order valence-corrected chi connectivity index (χ4v) is 2.23. The number of nitrogens with one attached hydrogen (secondary N) is 1. The molecule has 0 saturated carbocycles. The molecule has 0 aliphatic rings. The van der Waals surface area contributed by atoms with Crippen molar-refractivity contribution in [1.82, 2.24) is 10.2 Å². The van der Waals surface area contributed by atoms with E-state index in [4.69, 9.17) is 4.42 Å². The number of nitrogens with zero attached hydrogens (tertiary/aromatic N) is 2. The maximum absolute atomic E-state index is 12.0. The van der Waals surface area contributed by atoms with Crippen molar-refractivity contribution in [3.8, 4) is 0 Å². The van der Waals surface area contributed by atoms with Crippen molar-refractivity contribution in [2.45, 2.75) is 17.5 Å². The van der Waals surface area contributed by atoms with Crippen LogP contribution in [0.4, 0.5) is 19.2 Å². The van der Waals surface area contributed by atoms with Crippen LogP contribution in [0.25, 0.3) is 0 Å². The number of halogens is 3. The zero-order valence-corrected chi connectivity index (χ0v) is 12.2. The molecule has 0 atom stereocenters. The molecule has 0 amide bonds. The van der Waals surface area contributed by atoms with E-state index in [1.807, 2.05) is 5.32 Å². The Morgan fingerprint density at radius 2 is 1.82 bits per heavy atom. The van der Waals surface area contributed by atoms with E-state index >= 15 is 0 Å². The van der Waals surface area contributed by atoms with Crippen molar-refractivity contribution in [3.63, 3.8) is 0 Å². The summed E-state index contributed by atoms with van der Waals surface area (Å²) in [5, 5.41) is 9.04. The number of rotatable bonds is 5. The van der Waals surface area contributed by atoms with Gasteiger partial charge in [-0.05, 0) is 17.7 Å². The lowest BCUT2D eigenvalue weighted by Crippen LogP contribution is -2.21. The van der Waals surface area contributed by atoms with Gasteiger partial charge in [0.2, 0.25) is 5.89 Å². The highest BCUT2D eigenvalue weighted by atomic mass is 32.2. The van der Waals surface area contributed by atoms with Crippen molar-refractivity contribution >= 4 is 15.9 Å². The zero-order valence-electron chi connectivity index (χ0n) is 11.4. The molecule has 2 aromatic rings. The minimum Gasteiger partial charge on any atom is -0.408 e. The van der Waals surface area contributed by atoms with Gasteiger partial charge in [-0.25, -0.2) is 8.42 Å². The van der Waals surface area contributed by atoms with Crippen LogP contribution < -0.4 is 5.32 Å². The Hall–Kier alpha value is -2.10. The molecule has 10 heteroatoms. The summed E-state index contributed by atoms with van der Waals surface area (Å²) < 4.78 is 63.7. The van der Waals surface area contributed by atoms with Crippen LogP contribution in [0.1, 0.15) is 11.5 Å². The number of sulfone groups is 1. The molecule has 0 aliphatic carbocycles. The highest BCUT2D eigenvalue weighted by Crippen LogP contribution is 2.17. The number of alkyl halides is 3. The van der Waals surface area contributed by atoms with E-state index in [-0.39, 0.29) is 23.2 Å². The molecule has 0 unspecified atom stereocenters. The standard InChI is InChI=1S/C12H12F3N3O3S/c1-22(19,20)9-4-2-8(3-5-9)6-10-17-18-11(21-10)16-7-12(13,14)15/h2-5H,6-7H2,1H3,(H,16,18). The smallest absolute Gasteiger partial charge is 0.405 e. The third-order valence-corrected chi connectivity index (χ3v) is 3.74. The summed E-state index contributed by atoms with van der Waals surface area (Å²) in [6, 6.07) is 5.70. The molecule has 1 aromatic heterocycles. The minimum absolute atomic E-state index is 0.122. The quantitative estimate of drug-likeness (QED) is 0.900. The van der Waals surface area contributed by atoms with Crippen LogP contribution in [-0.2, 0) is 16.3 Å². The highest BCUT2D eigenvalue weighted by molar-refractivity contribution is 7.90. The summed E-state index contributed by atoms with van der Waals surface area (Å²) in [4.78, 5) is 0.175. The maximum Gasteiger partial charge on any atom is 0.405 e.